The second-order valence-corrected chi connectivity index (χ2v) is 7.09. The normalized spacial score (nSPS) is 11.8. The minimum atomic E-state index is -4.01. The zero-order valence-corrected chi connectivity index (χ0v) is 13.8. The van der Waals surface area contributed by atoms with Gasteiger partial charge >= 0.3 is 0 Å². The first-order valence-corrected chi connectivity index (χ1v) is 8.50. The Balaban J connectivity index is 2.13. The van der Waals surface area contributed by atoms with Gasteiger partial charge in [0, 0.05) is 6.07 Å². The molecule has 0 fully saturated rings. The summed E-state index contributed by atoms with van der Waals surface area (Å²) < 4.78 is 42.5. The van der Waals surface area contributed by atoms with Crippen LogP contribution in [0.15, 0.2) is 46.2 Å². The molecule has 6 nitrogen and oxygen atoms in total. The molecule has 0 aliphatic heterocycles. The number of sulfonamides is 1. The van der Waals surface area contributed by atoms with E-state index in [0.29, 0.717) is 4.60 Å². The molecule has 1 aromatic carbocycles. The van der Waals surface area contributed by atoms with Gasteiger partial charge in [-0.3, -0.25) is 4.72 Å². The Morgan fingerprint density at radius 2 is 2.05 bits per heavy atom. The summed E-state index contributed by atoms with van der Waals surface area (Å²) in [6, 6.07) is 7.09. The highest BCUT2D eigenvalue weighted by molar-refractivity contribution is 9.10. The van der Waals surface area contributed by atoms with Crippen LogP contribution in [0.4, 0.5) is 10.2 Å². The number of rotatable bonds is 3. The molecule has 0 radical (unpaired) electrons. The Bertz CT molecular complexity index is 976. The highest BCUT2D eigenvalue weighted by Gasteiger charge is 2.22. The van der Waals surface area contributed by atoms with Crippen LogP contribution >= 0.6 is 27.5 Å². The van der Waals surface area contributed by atoms with Gasteiger partial charge in [-0.2, -0.15) is 5.10 Å². The molecule has 0 bridgehead atoms. The van der Waals surface area contributed by atoms with Crippen LogP contribution in [0.2, 0.25) is 5.02 Å². The number of fused-ring (bicyclic) bond motifs is 1. The molecule has 2 heterocycles. The van der Waals surface area contributed by atoms with Crippen molar-refractivity contribution in [3.05, 3.63) is 52.1 Å². The maximum absolute atomic E-state index is 13.9. The third kappa shape index (κ3) is 2.55. The number of halogens is 3. The zero-order chi connectivity index (χ0) is 15.9. The van der Waals surface area contributed by atoms with Gasteiger partial charge in [-0.15, -0.1) is 0 Å². The lowest BCUT2D eigenvalue weighted by Crippen LogP contribution is -2.15. The van der Waals surface area contributed by atoms with Crippen molar-refractivity contribution in [2.45, 2.75) is 4.90 Å². The van der Waals surface area contributed by atoms with Gasteiger partial charge in [-0.05, 0) is 28.1 Å². The first kappa shape index (κ1) is 15.2. The minimum absolute atomic E-state index is 0.0529. The summed E-state index contributed by atoms with van der Waals surface area (Å²) in [6.45, 7) is 0. The SMILES string of the molecule is O=S(=O)(Nc1ncnn2c(Br)cc(F)c12)c1ccccc1Cl. The van der Waals surface area contributed by atoms with Crippen LogP contribution in [0.3, 0.4) is 0 Å². The van der Waals surface area contributed by atoms with Gasteiger partial charge < -0.3 is 0 Å². The molecule has 3 rings (SSSR count). The van der Waals surface area contributed by atoms with Crippen molar-refractivity contribution in [3.8, 4) is 0 Å². The number of aromatic nitrogens is 3. The molecule has 0 spiro atoms. The van der Waals surface area contributed by atoms with Crippen molar-refractivity contribution in [3.63, 3.8) is 0 Å². The number of hydrogen-bond donors (Lipinski definition) is 1. The van der Waals surface area contributed by atoms with Gasteiger partial charge in [0.1, 0.15) is 21.3 Å². The second-order valence-electron chi connectivity index (χ2n) is 4.22. The van der Waals surface area contributed by atoms with E-state index in [-0.39, 0.29) is 21.3 Å². The summed E-state index contributed by atoms with van der Waals surface area (Å²) in [5.41, 5.74) is -0.0926. The minimum Gasteiger partial charge on any atom is -0.261 e. The smallest absolute Gasteiger partial charge is 0.261 e. The van der Waals surface area contributed by atoms with Crippen LogP contribution in [0.5, 0.6) is 0 Å². The van der Waals surface area contributed by atoms with E-state index >= 15 is 0 Å². The molecule has 2 aromatic heterocycles. The molecule has 0 amide bonds. The van der Waals surface area contributed by atoms with Crippen molar-refractivity contribution in [2.24, 2.45) is 0 Å². The maximum atomic E-state index is 13.9. The van der Waals surface area contributed by atoms with Crippen molar-refractivity contribution in [1.29, 1.82) is 0 Å². The van der Waals surface area contributed by atoms with E-state index in [4.69, 9.17) is 11.6 Å². The summed E-state index contributed by atoms with van der Waals surface area (Å²) >= 11 is 9.01. The lowest BCUT2D eigenvalue weighted by atomic mass is 10.4. The standard InChI is InChI=1S/C12H7BrClFN4O2S/c13-10-5-8(15)11-12(16-6-17-19(10)11)18-22(20,21)9-4-2-1-3-7(9)14/h1-6H,(H,16,17,18). The van der Waals surface area contributed by atoms with Gasteiger partial charge in [-0.1, -0.05) is 23.7 Å². The number of benzene rings is 1. The molecule has 1 N–H and O–H groups in total. The molecule has 22 heavy (non-hydrogen) atoms. The zero-order valence-electron chi connectivity index (χ0n) is 10.7. The molecule has 0 unspecified atom stereocenters. The van der Waals surface area contributed by atoms with Crippen LogP contribution < -0.4 is 4.72 Å². The molecular weight excluding hydrogens is 399 g/mol. The molecule has 0 aliphatic rings. The second kappa shape index (κ2) is 5.49. The van der Waals surface area contributed by atoms with Crippen molar-refractivity contribution >= 4 is 48.9 Å². The average molecular weight is 406 g/mol. The molecular formula is C12H7BrClFN4O2S. The van der Waals surface area contributed by atoms with E-state index in [1.165, 1.54) is 22.7 Å². The van der Waals surface area contributed by atoms with Gasteiger partial charge in [-0.25, -0.2) is 22.3 Å². The molecule has 0 saturated heterocycles. The largest absolute Gasteiger partial charge is 0.264 e. The number of nitrogens with one attached hydrogen (secondary N) is 1. The van der Waals surface area contributed by atoms with Gasteiger partial charge in [0.15, 0.2) is 11.6 Å². The first-order valence-electron chi connectivity index (χ1n) is 5.85. The number of anilines is 1. The summed E-state index contributed by atoms with van der Waals surface area (Å²) in [5.74, 6) is -0.845. The van der Waals surface area contributed by atoms with E-state index in [9.17, 15) is 12.8 Å². The van der Waals surface area contributed by atoms with Gasteiger partial charge in [0.25, 0.3) is 10.0 Å². The van der Waals surface area contributed by atoms with Crippen molar-refractivity contribution < 1.29 is 12.8 Å². The Kier molecular flexibility index (Phi) is 3.79. The first-order chi connectivity index (χ1) is 10.4. The summed E-state index contributed by atoms with van der Waals surface area (Å²) in [7, 11) is -4.01. The lowest BCUT2D eigenvalue weighted by molar-refractivity contribution is 0.601. The fourth-order valence-corrected chi connectivity index (χ4v) is 3.89. The van der Waals surface area contributed by atoms with E-state index < -0.39 is 15.8 Å². The van der Waals surface area contributed by atoms with Crippen LogP contribution in [-0.2, 0) is 10.0 Å². The van der Waals surface area contributed by atoms with Gasteiger partial charge in [0.05, 0.1) is 5.02 Å². The van der Waals surface area contributed by atoms with E-state index in [2.05, 4.69) is 30.7 Å². The fraction of sp³-hybridized carbons (Fsp3) is 0. The quantitative estimate of drug-likeness (QED) is 0.726. The maximum Gasteiger partial charge on any atom is 0.264 e. The fourth-order valence-electron chi connectivity index (χ4n) is 1.88. The predicted octanol–water partition coefficient (Wildman–Crippen LogP) is 3.09. The summed E-state index contributed by atoms with van der Waals surface area (Å²) in [6.07, 6.45) is 1.11. The van der Waals surface area contributed by atoms with E-state index in [1.807, 2.05) is 0 Å². The molecule has 114 valence electrons. The van der Waals surface area contributed by atoms with Crippen LogP contribution in [0, 0.1) is 5.82 Å². The Labute approximate surface area is 138 Å². The number of hydrogen-bond acceptors (Lipinski definition) is 4. The third-order valence-corrected chi connectivity index (χ3v) is 5.23. The highest BCUT2D eigenvalue weighted by Crippen LogP contribution is 2.27. The molecule has 10 heteroatoms. The third-order valence-electron chi connectivity index (χ3n) is 2.82. The Hall–Kier alpha value is -1.71. The summed E-state index contributed by atoms with van der Waals surface area (Å²) in [5, 5.41) is 3.89. The molecule has 0 aliphatic carbocycles. The van der Waals surface area contributed by atoms with Crippen LogP contribution in [-0.4, -0.2) is 23.0 Å². The van der Waals surface area contributed by atoms with Gasteiger partial charge in [0.2, 0.25) is 0 Å². The van der Waals surface area contributed by atoms with Crippen LogP contribution in [0.1, 0.15) is 0 Å². The summed E-state index contributed by atoms with van der Waals surface area (Å²) in [4.78, 5) is 3.67. The highest BCUT2D eigenvalue weighted by atomic mass is 79.9. The monoisotopic (exact) mass is 404 g/mol. The van der Waals surface area contributed by atoms with Crippen molar-refractivity contribution in [2.75, 3.05) is 4.72 Å². The predicted molar refractivity (Wildman–Crippen MR) is 82.9 cm³/mol. The van der Waals surface area contributed by atoms with Crippen molar-refractivity contribution in [1.82, 2.24) is 14.6 Å². The van der Waals surface area contributed by atoms with E-state index in [0.717, 1.165) is 12.4 Å². The Morgan fingerprint density at radius 1 is 1.32 bits per heavy atom. The molecule has 0 atom stereocenters. The van der Waals surface area contributed by atoms with Crippen LogP contribution in [0.25, 0.3) is 5.52 Å². The lowest BCUT2D eigenvalue weighted by Gasteiger charge is -2.09. The molecule has 0 saturated carbocycles. The Morgan fingerprint density at radius 3 is 2.77 bits per heavy atom. The number of nitrogens with zero attached hydrogens (tertiary/aromatic N) is 3. The van der Waals surface area contributed by atoms with E-state index in [1.54, 1.807) is 6.07 Å². The average Bonchev–Trinajstić information content (AvgIpc) is 2.75. The topological polar surface area (TPSA) is 76.4 Å². The molecule has 3 aromatic rings.